The van der Waals surface area contributed by atoms with Gasteiger partial charge in [-0.1, -0.05) is 90.9 Å². The molecule has 4 nitrogen and oxygen atoms in total. The van der Waals surface area contributed by atoms with E-state index in [1.165, 1.54) is 64.2 Å². The molecule has 0 spiro atoms. The molecule has 1 aliphatic carbocycles. The van der Waals surface area contributed by atoms with Crippen LogP contribution < -0.4 is 0 Å². The van der Waals surface area contributed by atoms with Gasteiger partial charge >= 0.3 is 11.9 Å². The van der Waals surface area contributed by atoms with Crippen LogP contribution in [0.4, 0.5) is 0 Å². The lowest BCUT2D eigenvalue weighted by Gasteiger charge is -2.26. The molecule has 0 amide bonds. The summed E-state index contributed by atoms with van der Waals surface area (Å²) in [7, 11) is 0. The second-order valence-corrected chi connectivity index (χ2v) is 9.13. The van der Waals surface area contributed by atoms with Crippen molar-refractivity contribution in [2.24, 2.45) is 11.8 Å². The Morgan fingerprint density at radius 2 is 0.833 bits per heavy atom. The van der Waals surface area contributed by atoms with Crippen molar-refractivity contribution in [3.8, 4) is 0 Å². The van der Waals surface area contributed by atoms with Gasteiger partial charge in [-0.25, -0.2) is 0 Å². The summed E-state index contributed by atoms with van der Waals surface area (Å²) in [5.41, 5.74) is 0. The first-order valence-corrected chi connectivity index (χ1v) is 13.0. The molecule has 4 heteroatoms. The highest BCUT2D eigenvalue weighted by Crippen LogP contribution is 2.30. The van der Waals surface area contributed by atoms with Crippen molar-refractivity contribution in [3.63, 3.8) is 0 Å². The number of unbranched alkanes of at least 4 members (excludes halogenated alkanes) is 12. The van der Waals surface area contributed by atoms with Crippen LogP contribution in [-0.4, -0.2) is 25.2 Å². The van der Waals surface area contributed by atoms with Crippen molar-refractivity contribution in [3.05, 3.63) is 0 Å². The molecule has 0 unspecified atom stereocenters. The van der Waals surface area contributed by atoms with E-state index in [-0.39, 0.29) is 23.8 Å². The molecule has 0 aromatic rings. The standard InChI is InChI=1S/C26H48O4/c1-3-5-7-9-10-11-12-14-16-22-30-26(28)24-19-17-23(18-20-24)25(27)29-21-15-13-8-6-4-2/h23-24H,3-22H2,1-2H3. The van der Waals surface area contributed by atoms with Crippen LogP contribution in [0, 0.1) is 11.8 Å². The minimum atomic E-state index is -0.0630. The van der Waals surface area contributed by atoms with Crippen molar-refractivity contribution >= 4 is 11.9 Å². The third-order valence-electron chi connectivity index (χ3n) is 6.38. The number of ether oxygens (including phenoxy) is 2. The predicted octanol–water partition coefficient (Wildman–Crippen LogP) is 7.38. The summed E-state index contributed by atoms with van der Waals surface area (Å²) < 4.78 is 10.9. The second-order valence-electron chi connectivity index (χ2n) is 9.13. The van der Waals surface area contributed by atoms with E-state index in [0.717, 1.165) is 51.4 Å². The van der Waals surface area contributed by atoms with Gasteiger partial charge in [0.05, 0.1) is 25.0 Å². The SMILES string of the molecule is CCCCCCCCCCCOC(=O)C1CCC(C(=O)OCCCCCCC)CC1. The molecular formula is C26H48O4. The third-order valence-corrected chi connectivity index (χ3v) is 6.38. The van der Waals surface area contributed by atoms with Gasteiger partial charge in [0.2, 0.25) is 0 Å². The van der Waals surface area contributed by atoms with Crippen LogP contribution in [0.25, 0.3) is 0 Å². The Morgan fingerprint density at radius 1 is 0.533 bits per heavy atom. The van der Waals surface area contributed by atoms with Crippen molar-refractivity contribution in [2.45, 2.75) is 129 Å². The molecule has 176 valence electrons. The molecular weight excluding hydrogens is 376 g/mol. The van der Waals surface area contributed by atoms with E-state index in [2.05, 4.69) is 13.8 Å². The first kappa shape index (κ1) is 27.0. The smallest absolute Gasteiger partial charge is 0.308 e. The Hall–Kier alpha value is -1.06. The quantitative estimate of drug-likeness (QED) is 0.170. The molecule has 30 heavy (non-hydrogen) atoms. The average molecular weight is 425 g/mol. The zero-order valence-electron chi connectivity index (χ0n) is 19.9. The number of rotatable bonds is 18. The summed E-state index contributed by atoms with van der Waals surface area (Å²) in [6, 6.07) is 0. The maximum Gasteiger partial charge on any atom is 0.308 e. The van der Waals surface area contributed by atoms with Crippen molar-refractivity contribution < 1.29 is 19.1 Å². The zero-order valence-corrected chi connectivity index (χ0v) is 19.9. The zero-order chi connectivity index (χ0) is 21.9. The van der Waals surface area contributed by atoms with E-state index < -0.39 is 0 Å². The van der Waals surface area contributed by atoms with Crippen LogP contribution in [0.1, 0.15) is 129 Å². The number of carbonyl (C=O) groups excluding carboxylic acids is 2. The van der Waals surface area contributed by atoms with Gasteiger partial charge in [-0.05, 0) is 38.5 Å². The first-order chi connectivity index (χ1) is 14.7. The molecule has 1 aliphatic rings. The summed E-state index contributed by atoms with van der Waals surface area (Å²) in [6.45, 7) is 5.54. The van der Waals surface area contributed by atoms with E-state index >= 15 is 0 Å². The van der Waals surface area contributed by atoms with Crippen LogP contribution >= 0.6 is 0 Å². The van der Waals surface area contributed by atoms with Crippen LogP contribution in [-0.2, 0) is 19.1 Å². The van der Waals surface area contributed by atoms with Crippen LogP contribution in [0.2, 0.25) is 0 Å². The Kier molecular flexibility index (Phi) is 16.8. The molecule has 0 aromatic heterocycles. The molecule has 0 aromatic carbocycles. The minimum Gasteiger partial charge on any atom is -0.465 e. The third kappa shape index (κ3) is 13.3. The maximum atomic E-state index is 12.3. The predicted molar refractivity (Wildman–Crippen MR) is 123 cm³/mol. The minimum absolute atomic E-state index is 0.0259. The lowest BCUT2D eigenvalue weighted by Crippen LogP contribution is -2.28. The number of hydrogen-bond donors (Lipinski definition) is 0. The fourth-order valence-electron chi connectivity index (χ4n) is 4.26. The normalized spacial score (nSPS) is 18.9. The number of hydrogen-bond acceptors (Lipinski definition) is 4. The largest absolute Gasteiger partial charge is 0.465 e. The highest BCUT2D eigenvalue weighted by atomic mass is 16.5. The summed E-state index contributed by atoms with van der Waals surface area (Å²) >= 11 is 0. The van der Waals surface area contributed by atoms with Gasteiger partial charge in [-0.15, -0.1) is 0 Å². The summed E-state index contributed by atoms with van der Waals surface area (Å²) in [6.07, 6.45) is 20.2. The van der Waals surface area contributed by atoms with Crippen molar-refractivity contribution in [2.75, 3.05) is 13.2 Å². The molecule has 0 bridgehead atoms. The van der Waals surface area contributed by atoms with Gasteiger partial charge in [-0.3, -0.25) is 9.59 Å². The van der Waals surface area contributed by atoms with Gasteiger partial charge in [0.25, 0.3) is 0 Å². The average Bonchev–Trinajstić information content (AvgIpc) is 2.77. The molecule has 0 atom stereocenters. The van der Waals surface area contributed by atoms with Crippen LogP contribution in [0.15, 0.2) is 0 Å². The van der Waals surface area contributed by atoms with Gasteiger partial charge in [0.1, 0.15) is 0 Å². The summed E-state index contributed by atoms with van der Waals surface area (Å²) in [4.78, 5) is 24.5. The van der Waals surface area contributed by atoms with Crippen molar-refractivity contribution in [1.29, 1.82) is 0 Å². The lowest BCUT2D eigenvalue weighted by atomic mass is 9.82. The monoisotopic (exact) mass is 424 g/mol. The van der Waals surface area contributed by atoms with Crippen LogP contribution in [0.5, 0.6) is 0 Å². The highest BCUT2D eigenvalue weighted by Gasteiger charge is 2.31. The van der Waals surface area contributed by atoms with E-state index in [1.807, 2.05) is 0 Å². The van der Waals surface area contributed by atoms with Gasteiger partial charge in [0.15, 0.2) is 0 Å². The highest BCUT2D eigenvalue weighted by molar-refractivity contribution is 5.75. The number of carbonyl (C=O) groups is 2. The van der Waals surface area contributed by atoms with E-state index in [1.54, 1.807) is 0 Å². The van der Waals surface area contributed by atoms with Gasteiger partial charge < -0.3 is 9.47 Å². The Morgan fingerprint density at radius 3 is 1.17 bits per heavy atom. The lowest BCUT2D eigenvalue weighted by molar-refractivity contribution is -0.155. The maximum absolute atomic E-state index is 12.3. The fraction of sp³-hybridized carbons (Fsp3) is 0.923. The second kappa shape index (κ2) is 18.7. The first-order valence-electron chi connectivity index (χ1n) is 13.0. The molecule has 1 saturated carbocycles. The van der Waals surface area contributed by atoms with E-state index in [0.29, 0.717) is 13.2 Å². The van der Waals surface area contributed by atoms with E-state index in [4.69, 9.17) is 9.47 Å². The Balaban J connectivity index is 1.99. The molecule has 0 N–H and O–H groups in total. The Labute approximate surface area is 185 Å². The van der Waals surface area contributed by atoms with Gasteiger partial charge in [0, 0.05) is 0 Å². The van der Waals surface area contributed by atoms with Crippen molar-refractivity contribution in [1.82, 2.24) is 0 Å². The molecule has 0 saturated heterocycles. The number of esters is 2. The fourth-order valence-corrected chi connectivity index (χ4v) is 4.26. The van der Waals surface area contributed by atoms with Gasteiger partial charge in [-0.2, -0.15) is 0 Å². The molecule has 0 aliphatic heterocycles. The van der Waals surface area contributed by atoms with E-state index in [9.17, 15) is 9.59 Å². The topological polar surface area (TPSA) is 52.6 Å². The molecule has 1 fully saturated rings. The van der Waals surface area contributed by atoms with Crippen LogP contribution in [0.3, 0.4) is 0 Å². The summed E-state index contributed by atoms with van der Waals surface area (Å²) in [5, 5.41) is 0. The summed E-state index contributed by atoms with van der Waals surface area (Å²) in [5.74, 6) is -0.173. The molecule has 1 rings (SSSR count). The Bertz CT molecular complexity index is 427. The molecule has 0 heterocycles. The molecule has 0 radical (unpaired) electrons.